The molecule has 1 N–H and O–H groups in total. The van der Waals surface area contributed by atoms with Crippen LogP contribution in [0.5, 0.6) is 0 Å². The van der Waals surface area contributed by atoms with Crippen LogP contribution in [0.15, 0.2) is 27.8 Å². The zero-order chi connectivity index (χ0) is 15.5. The van der Waals surface area contributed by atoms with Crippen LogP contribution in [0.4, 0.5) is 0 Å². The molecule has 1 aromatic heterocycles. The average molecular weight is 445 g/mol. The predicted octanol–water partition coefficient (Wildman–Crippen LogP) is 3.05. The molecule has 3 heterocycles. The Hall–Kier alpha value is -0.760. The molecular formula is C18H28IN3O2. The van der Waals surface area contributed by atoms with E-state index in [2.05, 4.69) is 10.2 Å². The molecule has 134 valence electrons. The number of aliphatic imine (C=N–C) groups is 1. The second kappa shape index (κ2) is 8.08. The quantitative estimate of drug-likeness (QED) is 0.440. The van der Waals surface area contributed by atoms with E-state index in [1.807, 2.05) is 12.1 Å². The van der Waals surface area contributed by atoms with Gasteiger partial charge in [-0.2, -0.15) is 0 Å². The summed E-state index contributed by atoms with van der Waals surface area (Å²) in [5.41, 5.74) is 0.464. The highest BCUT2D eigenvalue weighted by Gasteiger charge is 2.41. The molecule has 24 heavy (non-hydrogen) atoms. The minimum atomic E-state index is 0. The fraction of sp³-hybridized carbons (Fsp3) is 0.722. The summed E-state index contributed by atoms with van der Waals surface area (Å²) < 4.78 is 11.0. The monoisotopic (exact) mass is 445 g/mol. The lowest BCUT2D eigenvalue weighted by Gasteiger charge is -2.33. The molecule has 5 nitrogen and oxygen atoms in total. The molecule has 1 saturated carbocycles. The second-order valence-electron chi connectivity index (χ2n) is 7.24. The molecule has 2 aliphatic heterocycles. The Bertz CT molecular complexity index is 536. The maximum absolute atomic E-state index is 5.56. The highest BCUT2D eigenvalue weighted by Crippen LogP contribution is 2.39. The molecule has 0 aromatic carbocycles. The van der Waals surface area contributed by atoms with E-state index in [0.29, 0.717) is 11.5 Å². The van der Waals surface area contributed by atoms with Gasteiger partial charge in [-0.05, 0) is 49.7 Å². The molecule has 1 aromatic rings. The summed E-state index contributed by atoms with van der Waals surface area (Å²) in [5.74, 6) is 2.13. The minimum absolute atomic E-state index is 0. The molecular weight excluding hydrogens is 417 g/mol. The van der Waals surface area contributed by atoms with Gasteiger partial charge in [-0.25, -0.2) is 0 Å². The number of halogens is 1. The van der Waals surface area contributed by atoms with Crippen molar-refractivity contribution in [3.8, 4) is 0 Å². The third-order valence-electron chi connectivity index (χ3n) is 5.40. The number of hydrogen-bond donors (Lipinski definition) is 1. The van der Waals surface area contributed by atoms with Gasteiger partial charge in [0.1, 0.15) is 5.76 Å². The van der Waals surface area contributed by atoms with Crippen LogP contribution in [0.25, 0.3) is 0 Å². The number of ether oxygens (including phenoxy) is 1. The normalized spacial score (nSPS) is 23.3. The maximum atomic E-state index is 5.56. The molecule has 1 aliphatic carbocycles. The highest BCUT2D eigenvalue weighted by molar-refractivity contribution is 14.0. The molecule has 0 atom stereocenters. The summed E-state index contributed by atoms with van der Waals surface area (Å²) in [7, 11) is 0. The van der Waals surface area contributed by atoms with Gasteiger partial charge in [0.25, 0.3) is 0 Å². The van der Waals surface area contributed by atoms with E-state index in [0.717, 1.165) is 51.0 Å². The Kier molecular flexibility index (Phi) is 6.07. The molecule has 0 amide bonds. The standard InChI is InChI=1S/C18H27N3O2.HI/c1-2-16(23-11-1)5-9-19-17(20-15-3-4-15)21-10-6-18(14-21)7-12-22-13-8-18;/h1-2,11,15H,3-10,12-14H2,(H,19,20);1H. The van der Waals surface area contributed by atoms with Crippen molar-refractivity contribution >= 4 is 29.9 Å². The van der Waals surface area contributed by atoms with E-state index in [-0.39, 0.29) is 24.0 Å². The Morgan fingerprint density at radius 2 is 2.12 bits per heavy atom. The first-order valence-electron chi connectivity index (χ1n) is 8.99. The summed E-state index contributed by atoms with van der Waals surface area (Å²) in [6.07, 6.45) is 8.85. The largest absolute Gasteiger partial charge is 0.469 e. The van der Waals surface area contributed by atoms with E-state index in [9.17, 15) is 0 Å². The van der Waals surface area contributed by atoms with Gasteiger partial charge in [0.15, 0.2) is 5.96 Å². The first-order chi connectivity index (χ1) is 11.3. The van der Waals surface area contributed by atoms with E-state index in [1.54, 1.807) is 6.26 Å². The molecule has 3 fully saturated rings. The maximum Gasteiger partial charge on any atom is 0.194 e. The van der Waals surface area contributed by atoms with Crippen LogP contribution in [0.1, 0.15) is 37.9 Å². The van der Waals surface area contributed by atoms with E-state index in [1.165, 1.54) is 32.1 Å². The lowest BCUT2D eigenvalue weighted by molar-refractivity contribution is 0.0217. The van der Waals surface area contributed by atoms with Gasteiger partial charge in [0.05, 0.1) is 6.26 Å². The first kappa shape index (κ1) is 18.0. The van der Waals surface area contributed by atoms with Crippen LogP contribution in [-0.4, -0.2) is 49.7 Å². The van der Waals surface area contributed by atoms with Crippen molar-refractivity contribution in [1.29, 1.82) is 0 Å². The van der Waals surface area contributed by atoms with Crippen LogP contribution in [0.2, 0.25) is 0 Å². The summed E-state index contributed by atoms with van der Waals surface area (Å²) in [4.78, 5) is 7.36. The Morgan fingerprint density at radius 1 is 1.29 bits per heavy atom. The van der Waals surface area contributed by atoms with Crippen molar-refractivity contribution in [1.82, 2.24) is 10.2 Å². The van der Waals surface area contributed by atoms with Gasteiger partial charge in [0, 0.05) is 45.3 Å². The van der Waals surface area contributed by atoms with E-state index >= 15 is 0 Å². The number of hydrogen-bond acceptors (Lipinski definition) is 3. The highest BCUT2D eigenvalue weighted by atomic mass is 127. The number of nitrogens with one attached hydrogen (secondary N) is 1. The van der Waals surface area contributed by atoms with Crippen molar-refractivity contribution < 1.29 is 9.15 Å². The number of rotatable bonds is 4. The van der Waals surface area contributed by atoms with Crippen LogP contribution >= 0.6 is 24.0 Å². The molecule has 0 bridgehead atoms. The Morgan fingerprint density at radius 3 is 2.83 bits per heavy atom. The molecule has 3 aliphatic rings. The third-order valence-corrected chi connectivity index (χ3v) is 5.40. The SMILES string of the molecule is I.c1coc(CCN=C(NC2CC2)N2CCC3(CCOCC3)C2)c1. The smallest absolute Gasteiger partial charge is 0.194 e. The molecule has 1 spiro atoms. The topological polar surface area (TPSA) is 50.0 Å². The van der Waals surface area contributed by atoms with Gasteiger partial charge in [0.2, 0.25) is 0 Å². The van der Waals surface area contributed by atoms with Gasteiger partial charge < -0.3 is 19.4 Å². The van der Waals surface area contributed by atoms with Crippen molar-refractivity contribution in [3.05, 3.63) is 24.2 Å². The van der Waals surface area contributed by atoms with Crippen LogP contribution in [0.3, 0.4) is 0 Å². The lowest BCUT2D eigenvalue weighted by Crippen LogP contribution is -2.43. The van der Waals surface area contributed by atoms with Gasteiger partial charge in [-0.15, -0.1) is 24.0 Å². The second-order valence-corrected chi connectivity index (χ2v) is 7.24. The zero-order valence-electron chi connectivity index (χ0n) is 14.2. The number of nitrogens with zero attached hydrogens (tertiary/aromatic N) is 2. The van der Waals surface area contributed by atoms with Gasteiger partial charge in [-0.3, -0.25) is 4.99 Å². The number of guanidine groups is 1. The number of furan rings is 1. The predicted molar refractivity (Wildman–Crippen MR) is 105 cm³/mol. The van der Waals surface area contributed by atoms with Crippen LogP contribution in [-0.2, 0) is 11.2 Å². The fourth-order valence-corrected chi connectivity index (χ4v) is 3.70. The number of likely N-dealkylation sites (tertiary alicyclic amines) is 1. The van der Waals surface area contributed by atoms with Crippen molar-refractivity contribution in [2.75, 3.05) is 32.8 Å². The fourth-order valence-electron chi connectivity index (χ4n) is 3.70. The first-order valence-corrected chi connectivity index (χ1v) is 8.99. The van der Waals surface area contributed by atoms with Gasteiger partial charge >= 0.3 is 0 Å². The summed E-state index contributed by atoms with van der Waals surface area (Å²) in [5, 5.41) is 3.65. The van der Waals surface area contributed by atoms with E-state index in [4.69, 9.17) is 14.1 Å². The lowest BCUT2D eigenvalue weighted by atomic mass is 9.80. The average Bonchev–Trinajstić information content (AvgIpc) is 3.07. The van der Waals surface area contributed by atoms with Crippen LogP contribution < -0.4 is 5.32 Å². The van der Waals surface area contributed by atoms with Crippen LogP contribution in [0, 0.1) is 5.41 Å². The molecule has 0 unspecified atom stereocenters. The van der Waals surface area contributed by atoms with Crippen molar-refractivity contribution in [2.45, 2.75) is 44.6 Å². The summed E-state index contributed by atoms with van der Waals surface area (Å²) in [6.45, 7) is 4.90. The molecule has 6 heteroatoms. The Labute approximate surface area is 161 Å². The minimum Gasteiger partial charge on any atom is -0.469 e. The molecule has 0 radical (unpaired) electrons. The van der Waals surface area contributed by atoms with Crippen molar-refractivity contribution in [3.63, 3.8) is 0 Å². The summed E-state index contributed by atoms with van der Waals surface area (Å²) >= 11 is 0. The molecule has 2 saturated heterocycles. The molecule has 4 rings (SSSR count). The summed E-state index contributed by atoms with van der Waals surface area (Å²) in [6, 6.07) is 4.61. The third kappa shape index (κ3) is 4.45. The van der Waals surface area contributed by atoms with Gasteiger partial charge in [-0.1, -0.05) is 0 Å². The van der Waals surface area contributed by atoms with E-state index < -0.39 is 0 Å². The Balaban J connectivity index is 0.00000169. The zero-order valence-corrected chi connectivity index (χ0v) is 16.5. The van der Waals surface area contributed by atoms with Crippen molar-refractivity contribution in [2.24, 2.45) is 10.4 Å².